The second-order valence-corrected chi connectivity index (χ2v) is 4.45. The number of amides is 1. The maximum atomic E-state index is 12.0. The Morgan fingerprint density at radius 2 is 2.20 bits per heavy atom. The van der Waals surface area contributed by atoms with Crippen LogP contribution >= 0.6 is 0 Å². The lowest BCUT2D eigenvalue weighted by atomic mass is 10.2. The number of nitrogens with one attached hydrogen (secondary N) is 1. The molecular formula is C15H16N4O. The molecule has 1 atom stereocenters. The van der Waals surface area contributed by atoms with Crippen LogP contribution in [0.1, 0.15) is 30.1 Å². The largest absolute Gasteiger partial charge is 0.336 e. The van der Waals surface area contributed by atoms with Crippen molar-refractivity contribution in [3.05, 3.63) is 48.3 Å². The summed E-state index contributed by atoms with van der Waals surface area (Å²) in [7, 11) is 0. The van der Waals surface area contributed by atoms with Crippen LogP contribution in [0.25, 0.3) is 5.69 Å². The molecule has 5 heteroatoms. The molecule has 2 rings (SSSR count). The SMILES string of the molecule is CCCC(C#N)NC(=O)c1cnn(-c2ccccc2)c1. The van der Waals surface area contributed by atoms with Crippen molar-refractivity contribution in [1.29, 1.82) is 5.26 Å². The normalized spacial score (nSPS) is 11.6. The van der Waals surface area contributed by atoms with Crippen LogP contribution in [0, 0.1) is 11.3 Å². The third kappa shape index (κ3) is 3.23. The topological polar surface area (TPSA) is 70.7 Å². The maximum Gasteiger partial charge on any atom is 0.255 e. The maximum absolute atomic E-state index is 12.0. The second kappa shape index (κ2) is 6.53. The van der Waals surface area contributed by atoms with Crippen molar-refractivity contribution in [2.24, 2.45) is 0 Å². The molecule has 0 bridgehead atoms. The Balaban J connectivity index is 2.09. The van der Waals surface area contributed by atoms with E-state index in [2.05, 4.69) is 16.5 Å². The van der Waals surface area contributed by atoms with E-state index in [0.717, 1.165) is 12.1 Å². The first kappa shape index (κ1) is 13.8. The van der Waals surface area contributed by atoms with E-state index in [-0.39, 0.29) is 5.91 Å². The van der Waals surface area contributed by atoms with Crippen molar-refractivity contribution in [2.45, 2.75) is 25.8 Å². The number of hydrogen-bond acceptors (Lipinski definition) is 3. The summed E-state index contributed by atoms with van der Waals surface area (Å²) in [6.07, 6.45) is 4.66. The highest BCUT2D eigenvalue weighted by Crippen LogP contribution is 2.08. The standard InChI is InChI=1S/C15H16N4O/c1-2-6-13(9-16)18-15(20)12-10-17-19(11-12)14-7-4-3-5-8-14/h3-5,7-8,10-11,13H,2,6H2,1H3,(H,18,20). The first-order valence-electron chi connectivity index (χ1n) is 6.55. The number of aromatic nitrogens is 2. The molecule has 0 aliphatic carbocycles. The highest BCUT2D eigenvalue weighted by atomic mass is 16.1. The summed E-state index contributed by atoms with van der Waals surface area (Å²) in [6, 6.07) is 11.2. The van der Waals surface area contributed by atoms with Crippen LogP contribution in [0.3, 0.4) is 0 Å². The molecule has 0 aliphatic heterocycles. The van der Waals surface area contributed by atoms with E-state index in [0.29, 0.717) is 12.0 Å². The van der Waals surface area contributed by atoms with E-state index in [1.807, 2.05) is 37.3 Å². The molecule has 0 radical (unpaired) electrons. The molecule has 0 spiro atoms. The molecule has 102 valence electrons. The average Bonchev–Trinajstić information content (AvgIpc) is 2.97. The predicted molar refractivity (Wildman–Crippen MR) is 75.3 cm³/mol. The smallest absolute Gasteiger partial charge is 0.255 e. The highest BCUT2D eigenvalue weighted by Gasteiger charge is 2.14. The summed E-state index contributed by atoms with van der Waals surface area (Å²) in [6.45, 7) is 1.98. The molecule has 1 aromatic heterocycles. The Morgan fingerprint density at radius 1 is 1.45 bits per heavy atom. The molecule has 0 fully saturated rings. The van der Waals surface area contributed by atoms with Gasteiger partial charge in [-0.2, -0.15) is 10.4 Å². The summed E-state index contributed by atoms with van der Waals surface area (Å²) in [5.74, 6) is -0.271. The fourth-order valence-corrected chi connectivity index (χ4v) is 1.86. The fraction of sp³-hybridized carbons (Fsp3) is 0.267. The van der Waals surface area contributed by atoms with Crippen LogP contribution in [0.15, 0.2) is 42.7 Å². The first-order chi connectivity index (χ1) is 9.74. The molecule has 5 nitrogen and oxygen atoms in total. The van der Waals surface area contributed by atoms with Crippen LogP contribution in [0.4, 0.5) is 0 Å². The van der Waals surface area contributed by atoms with Gasteiger partial charge >= 0.3 is 0 Å². The molecule has 1 amide bonds. The van der Waals surface area contributed by atoms with E-state index in [9.17, 15) is 4.79 Å². The van der Waals surface area contributed by atoms with Gasteiger partial charge in [0.1, 0.15) is 6.04 Å². The first-order valence-corrected chi connectivity index (χ1v) is 6.55. The van der Waals surface area contributed by atoms with Crippen molar-refractivity contribution in [3.8, 4) is 11.8 Å². The molecule has 1 aromatic carbocycles. The quantitative estimate of drug-likeness (QED) is 0.904. The molecule has 1 unspecified atom stereocenters. The summed E-state index contributed by atoms with van der Waals surface area (Å²) in [5, 5.41) is 15.8. The minimum absolute atomic E-state index is 0.271. The fourth-order valence-electron chi connectivity index (χ4n) is 1.86. The van der Waals surface area contributed by atoms with Crippen LogP contribution < -0.4 is 5.32 Å². The van der Waals surface area contributed by atoms with E-state index in [1.54, 1.807) is 10.9 Å². The van der Waals surface area contributed by atoms with Crippen LogP contribution in [0.2, 0.25) is 0 Å². The van der Waals surface area contributed by atoms with Gasteiger partial charge in [0.2, 0.25) is 0 Å². The lowest BCUT2D eigenvalue weighted by Gasteiger charge is -2.08. The molecule has 0 aliphatic rings. The summed E-state index contributed by atoms with van der Waals surface area (Å²) in [5.41, 5.74) is 1.34. The lowest BCUT2D eigenvalue weighted by molar-refractivity contribution is 0.0944. The Labute approximate surface area is 117 Å². The number of benzene rings is 1. The van der Waals surface area contributed by atoms with Crippen LogP contribution in [0.5, 0.6) is 0 Å². The van der Waals surface area contributed by atoms with Crippen molar-refractivity contribution in [2.75, 3.05) is 0 Å². The average molecular weight is 268 g/mol. The minimum Gasteiger partial charge on any atom is -0.336 e. The highest BCUT2D eigenvalue weighted by molar-refractivity contribution is 5.94. The molecule has 20 heavy (non-hydrogen) atoms. The van der Waals surface area contributed by atoms with Gasteiger partial charge in [0.05, 0.1) is 23.5 Å². The lowest BCUT2D eigenvalue weighted by Crippen LogP contribution is -2.33. The summed E-state index contributed by atoms with van der Waals surface area (Å²) < 4.78 is 1.64. The number of rotatable bonds is 5. The van der Waals surface area contributed by atoms with E-state index in [1.165, 1.54) is 6.20 Å². The van der Waals surface area contributed by atoms with E-state index in [4.69, 9.17) is 5.26 Å². The Hall–Kier alpha value is -2.61. The molecule has 2 aromatic rings. The molecule has 1 heterocycles. The van der Waals surface area contributed by atoms with Gasteiger partial charge in [0.15, 0.2) is 0 Å². The number of hydrogen-bond donors (Lipinski definition) is 1. The third-order valence-electron chi connectivity index (χ3n) is 2.90. The number of nitrogens with zero attached hydrogens (tertiary/aromatic N) is 3. The molecule has 1 N–H and O–H groups in total. The monoisotopic (exact) mass is 268 g/mol. The van der Waals surface area contributed by atoms with Gasteiger partial charge in [-0.3, -0.25) is 4.79 Å². The van der Waals surface area contributed by atoms with Crippen molar-refractivity contribution >= 4 is 5.91 Å². The van der Waals surface area contributed by atoms with Crippen LogP contribution in [-0.2, 0) is 0 Å². The number of para-hydroxylation sites is 1. The number of carbonyl (C=O) groups is 1. The predicted octanol–water partition coefficient (Wildman–Crippen LogP) is 2.29. The van der Waals surface area contributed by atoms with Crippen LogP contribution in [-0.4, -0.2) is 21.7 Å². The zero-order valence-electron chi connectivity index (χ0n) is 11.3. The van der Waals surface area contributed by atoms with E-state index < -0.39 is 6.04 Å². The van der Waals surface area contributed by atoms with Gasteiger partial charge in [-0.05, 0) is 18.6 Å². The van der Waals surface area contributed by atoms with Crippen molar-refractivity contribution in [1.82, 2.24) is 15.1 Å². The van der Waals surface area contributed by atoms with E-state index >= 15 is 0 Å². The molecular weight excluding hydrogens is 252 g/mol. The third-order valence-corrected chi connectivity index (χ3v) is 2.90. The van der Waals surface area contributed by atoms with Gasteiger partial charge in [0.25, 0.3) is 5.91 Å². The summed E-state index contributed by atoms with van der Waals surface area (Å²) >= 11 is 0. The van der Waals surface area contributed by atoms with Gasteiger partial charge in [-0.25, -0.2) is 4.68 Å². The molecule has 0 saturated carbocycles. The van der Waals surface area contributed by atoms with Crippen molar-refractivity contribution < 1.29 is 4.79 Å². The number of nitriles is 1. The Bertz CT molecular complexity index is 612. The van der Waals surface area contributed by atoms with Gasteiger partial charge in [-0.15, -0.1) is 0 Å². The molecule has 0 saturated heterocycles. The minimum atomic E-state index is -0.451. The Morgan fingerprint density at radius 3 is 2.85 bits per heavy atom. The Kier molecular flexibility index (Phi) is 4.51. The van der Waals surface area contributed by atoms with Gasteiger partial charge < -0.3 is 5.32 Å². The zero-order chi connectivity index (χ0) is 14.4. The van der Waals surface area contributed by atoms with Gasteiger partial charge in [-0.1, -0.05) is 31.5 Å². The van der Waals surface area contributed by atoms with Crippen molar-refractivity contribution in [3.63, 3.8) is 0 Å². The second-order valence-electron chi connectivity index (χ2n) is 4.45. The summed E-state index contributed by atoms with van der Waals surface area (Å²) in [4.78, 5) is 12.0. The number of carbonyl (C=O) groups excluding carboxylic acids is 1. The van der Waals surface area contributed by atoms with Gasteiger partial charge in [0, 0.05) is 6.20 Å². The zero-order valence-corrected chi connectivity index (χ0v) is 11.3.